The number of carbonyl (C=O) groups excluding carboxylic acids is 1. The smallest absolute Gasteiger partial charge is 0.255 e. The Morgan fingerprint density at radius 3 is 2.70 bits per heavy atom. The van der Waals surface area contributed by atoms with Crippen molar-refractivity contribution in [3.63, 3.8) is 0 Å². The molecule has 0 heterocycles. The topological polar surface area (TPSA) is 20.3 Å². The average Bonchev–Trinajstić information content (AvgIpc) is 2.43. The molecule has 0 N–H and O–H groups in total. The highest BCUT2D eigenvalue weighted by Gasteiger charge is 2.16. The van der Waals surface area contributed by atoms with Crippen LogP contribution in [0.25, 0.3) is 0 Å². The number of benzene rings is 2. The summed E-state index contributed by atoms with van der Waals surface area (Å²) in [7, 11) is 1.79. The van der Waals surface area contributed by atoms with Crippen LogP contribution in [0.1, 0.15) is 15.9 Å². The van der Waals surface area contributed by atoms with Gasteiger partial charge in [-0.2, -0.15) is 0 Å². The fourth-order valence-corrected chi connectivity index (χ4v) is 2.97. The van der Waals surface area contributed by atoms with E-state index in [1.807, 2.05) is 30.3 Å². The van der Waals surface area contributed by atoms with Crippen LogP contribution >= 0.6 is 50.1 Å². The van der Waals surface area contributed by atoms with Crippen LogP contribution in [0.5, 0.6) is 0 Å². The molecule has 0 radical (unpaired) electrons. The molecule has 0 saturated carbocycles. The standard InChI is InChI=1S/C15H12BrClINO/c1-19(9-10-4-2-3-5-13(10)16)15(20)12-8-11(17)6-7-14(12)18/h2-8H,9H2,1H3. The van der Waals surface area contributed by atoms with Crippen LogP contribution in [0.2, 0.25) is 5.02 Å². The number of hydrogen-bond donors (Lipinski definition) is 0. The van der Waals surface area contributed by atoms with Gasteiger partial charge in [-0.1, -0.05) is 45.7 Å². The molecule has 0 aliphatic heterocycles. The normalized spacial score (nSPS) is 10.4. The lowest BCUT2D eigenvalue weighted by atomic mass is 10.1. The molecule has 0 unspecified atom stereocenters. The maximum Gasteiger partial charge on any atom is 0.255 e. The van der Waals surface area contributed by atoms with Crippen molar-refractivity contribution >= 4 is 56.0 Å². The van der Waals surface area contributed by atoms with E-state index in [0.717, 1.165) is 13.6 Å². The number of nitrogens with zero attached hydrogens (tertiary/aromatic N) is 1. The van der Waals surface area contributed by atoms with E-state index in [1.54, 1.807) is 24.1 Å². The lowest BCUT2D eigenvalue weighted by Crippen LogP contribution is -2.27. The summed E-state index contributed by atoms with van der Waals surface area (Å²) < 4.78 is 1.90. The first-order valence-electron chi connectivity index (χ1n) is 5.93. The summed E-state index contributed by atoms with van der Waals surface area (Å²) in [4.78, 5) is 14.2. The Balaban J connectivity index is 2.21. The Kier molecular flexibility index (Phi) is 5.46. The molecule has 0 fully saturated rings. The number of carbonyl (C=O) groups is 1. The van der Waals surface area contributed by atoms with Crippen LogP contribution in [0.4, 0.5) is 0 Å². The number of rotatable bonds is 3. The van der Waals surface area contributed by atoms with Crippen LogP contribution in [0.3, 0.4) is 0 Å². The summed E-state index contributed by atoms with van der Waals surface area (Å²) >= 11 is 11.6. The Morgan fingerprint density at radius 2 is 2.00 bits per heavy atom. The molecule has 0 aromatic heterocycles. The van der Waals surface area contributed by atoms with Crippen molar-refractivity contribution in [1.29, 1.82) is 0 Å². The zero-order valence-corrected chi connectivity index (χ0v) is 15.2. The minimum absolute atomic E-state index is 0.0346. The van der Waals surface area contributed by atoms with Gasteiger partial charge < -0.3 is 4.90 Å². The van der Waals surface area contributed by atoms with E-state index < -0.39 is 0 Å². The zero-order valence-electron chi connectivity index (χ0n) is 10.7. The lowest BCUT2D eigenvalue weighted by Gasteiger charge is -2.19. The maximum atomic E-state index is 12.5. The molecule has 0 saturated heterocycles. The number of halogens is 3. The van der Waals surface area contributed by atoms with Crippen LogP contribution in [0.15, 0.2) is 46.9 Å². The van der Waals surface area contributed by atoms with Gasteiger partial charge in [0.05, 0.1) is 5.56 Å². The predicted molar refractivity (Wildman–Crippen MR) is 94.1 cm³/mol. The van der Waals surface area contributed by atoms with E-state index in [-0.39, 0.29) is 5.91 Å². The quantitative estimate of drug-likeness (QED) is 0.587. The summed E-state index contributed by atoms with van der Waals surface area (Å²) in [5.74, 6) is -0.0346. The van der Waals surface area contributed by atoms with Crippen molar-refractivity contribution in [2.45, 2.75) is 6.54 Å². The van der Waals surface area contributed by atoms with Gasteiger partial charge in [0, 0.05) is 26.7 Å². The number of hydrogen-bond acceptors (Lipinski definition) is 1. The van der Waals surface area contributed by atoms with E-state index in [0.29, 0.717) is 17.1 Å². The highest BCUT2D eigenvalue weighted by atomic mass is 127. The third-order valence-corrected chi connectivity index (χ3v) is 4.82. The second kappa shape index (κ2) is 6.91. The van der Waals surface area contributed by atoms with Gasteiger partial charge in [-0.05, 0) is 52.4 Å². The van der Waals surface area contributed by atoms with Gasteiger partial charge in [0.25, 0.3) is 5.91 Å². The highest BCUT2D eigenvalue weighted by molar-refractivity contribution is 14.1. The lowest BCUT2D eigenvalue weighted by molar-refractivity contribution is 0.0784. The molecule has 0 bridgehead atoms. The zero-order chi connectivity index (χ0) is 14.7. The Labute approximate surface area is 145 Å². The summed E-state index contributed by atoms with van der Waals surface area (Å²) in [6.07, 6.45) is 0. The summed E-state index contributed by atoms with van der Waals surface area (Å²) in [6.45, 7) is 0.544. The van der Waals surface area contributed by atoms with Crippen LogP contribution in [-0.4, -0.2) is 17.9 Å². The van der Waals surface area contributed by atoms with E-state index in [4.69, 9.17) is 11.6 Å². The molecule has 5 heteroatoms. The first kappa shape index (κ1) is 15.8. The van der Waals surface area contributed by atoms with Crippen molar-refractivity contribution in [2.75, 3.05) is 7.05 Å². The molecular weight excluding hydrogens is 452 g/mol. The first-order chi connectivity index (χ1) is 9.49. The van der Waals surface area contributed by atoms with Crippen LogP contribution in [-0.2, 0) is 6.54 Å². The summed E-state index contributed by atoms with van der Waals surface area (Å²) in [6, 6.07) is 13.2. The second-order valence-electron chi connectivity index (χ2n) is 4.38. The van der Waals surface area contributed by atoms with Gasteiger partial charge in [0.2, 0.25) is 0 Å². The number of amides is 1. The molecule has 104 valence electrons. The average molecular weight is 465 g/mol. The van der Waals surface area contributed by atoms with Crippen molar-refractivity contribution in [2.24, 2.45) is 0 Å². The summed E-state index contributed by atoms with van der Waals surface area (Å²) in [5, 5.41) is 0.572. The van der Waals surface area contributed by atoms with Crippen LogP contribution in [0, 0.1) is 3.57 Å². The molecule has 2 aromatic rings. The fourth-order valence-electron chi connectivity index (χ4n) is 1.82. The van der Waals surface area contributed by atoms with E-state index in [2.05, 4.69) is 38.5 Å². The van der Waals surface area contributed by atoms with Gasteiger partial charge in [-0.25, -0.2) is 0 Å². The molecule has 0 aliphatic rings. The fraction of sp³-hybridized carbons (Fsp3) is 0.133. The Hall–Kier alpha value is -0.590. The highest BCUT2D eigenvalue weighted by Crippen LogP contribution is 2.22. The second-order valence-corrected chi connectivity index (χ2v) is 6.83. The Bertz CT molecular complexity index is 648. The van der Waals surface area contributed by atoms with Gasteiger partial charge >= 0.3 is 0 Å². The van der Waals surface area contributed by atoms with Crippen molar-refractivity contribution < 1.29 is 4.79 Å². The summed E-state index contributed by atoms with van der Waals surface area (Å²) in [5.41, 5.74) is 1.70. The molecule has 1 amide bonds. The van der Waals surface area contributed by atoms with Gasteiger partial charge in [-0.15, -0.1) is 0 Å². The molecule has 2 rings (SSSR count). The Morgan fingerprint density at radius 1 is 1.30 bits per heavy atom. The molecule has 0 aliphatic carbocycles. The van der Waals surface area contributed by atoms with E-state index in [9.17, 15) is 4.79 Å². The first-order valence-corrected chi connectivity index (χ1v) is 8.18. The van der Waals surface area contributed by atoms with E-state index >= 15 is 0 Å². The minimum atomic E-state index is -0.0346. The SMILES string of the molecule is CN(Cc1ccccc1Br)C(=O)c1cc(Cl)ccc1I. The third kappa shape index (κ3) is 3.74. The molecule has 0 atom stereocenters. The van der Waals surface area contributed by atoms with Gasteiger partial charge in [-0.3, -0.25) is 4.79 Å². The molecule has 20 heavy (non-hydrogen) atoms. The van der Waals surface area contributed by atoms with Crippen LogP contribution < -0.4 is 0 Å². The van der Waals surface area contributed by atoms with Crippen molar-refractivity contribution in [3.8, 4) is 0 Å². The molecule has 2 nitrogen and oxygen atoms in total. The van der Waals surface area contributed by atoms with Crippen molar-refractivity contribution in [3.05, 3.63) is 66.7 Å². The largest absolute Gasteiger partial charge is 0.337 e. The predicted octanol–water partition coefficient (Wildman–Crippen LogP) is 4.98. The van der Waals surface area contributed by atoms with Gasteiger partial charge in [0.1, 0.15) is 0 Å². The van der Waals surface area contributed by atoms with Crippen molar-refractivity contribution in [1.82, 2.24) is 4.90 Å². The van der Waals surface area contributed by atoms with Gasteiger partial charge in [0.15, 0.2) is 0 Å². The molecular formula is C15H12BrClINO. The third-order valence-electron chi connectivity index (χ3n) is 2.87. The monoisotopic (exact) mass is 463 g/mol. The molecule has 0 spiro atoms. The minimum Gasteiger partial charge on any atom is -0.337 e. The van der Waals surface area contributed by atoms with E-state index in [1.165, 1.54) is 0 Å². The maximum absolute atomic E-state index is 12.5. The molecule has 2 aromatic carbocycles.